The molecule has 21 heavy (non-hydrogen) atoms. The van der Waals surface area contributed by atoms with Crippen LogP contribution in [0.15, 0.2) is 23.1 Å². The maximum Gasteiger partial charge on any atom is 0.405 e. The Hall–Kier alpha value is -0.500. The zero-order valence-corrected chi connectivity index (χ0v) is 13.0. The third kappa shape index (κ3) is 3.47. The van der Waals surface area contributed by atoms with E-state index >= 15 is 0 Å². The number of hydrogen-bond donors (Lipinski definition) is 0. The van der Waals surface area contributed by atoms with Crippen molar-refractivity contribution in [2.24, 2.45) is 0 Å². The van der Waals surface area contributed by atoms with Gasteiger partial charge in [-0.3, -0.25) is 0 Å². The number of rotatable bonds is 2. The van der Waals surface area contributed by atoms with Crippen LogP contribution in [0, 0.1) is 0 Å². The molecule has 1 fully saturated rings. The molecule has 1 heterocycles. The molecule has 1 aromatic rings. The van der Waals surface area contributed by atoms with Gasteiger partial charge in [0, 0.05) is 11.6 Å². The quantitative estimate of drug-likeness (QED) is 0.795. The Kier molecular flexibility index (Phi) is 4.78. The van der Waals surface area contributed by atoms with Gasteiger partial charge in [0.2, 0.25) is 10.0 Å². The molecule has 3 nitrogen and oxygen atoms in total. The summed E-state index contributed by atoms with van der Waals surface area (Å²) in [5.41, 5.74) is 0. The predicted octanol–water partition coefficient (Wildman–Crippen LogP) is 4.10. The largest absolute Gasteiger partial charge is 0.405 e. The highest BCUT2D eigenvalue weighted by Gasteiger charge is 2.49. The number of nitrogens with zero attached hydrogens (tertiary/aromatic N) is 1. The van der Waals surface area contributed by atoms with Crippen molar-refractivity contribution in [2.45, 2.75) is 36.4 Å². The van der Waals surface area contributed by atoms with Crippen LogP contribution in [0.5, 0.6) is 0 Å². The van der Waals surface area contributed by atoms with E-state index < -0.39 is 27.1 Å². The predicted molar refractivity (Wildman–Crippen MR) is 74.0 cm³/mol. The van der Waals surface area contributed by atoms with Crippen LogP contribution in [0.4, 0.5) is 13.2 Å². The molecule has 2 rings (SSSR count). The van der Waals surface area contributed by atoms with Crippen molar-refractivity contribution in [1.82, 2.24) is 4.31 Å². The van der Waals surface area contributed by atoms with Crippen molar-refractivity contribution in [3.63, 3.8) is 0 Å². The molecule has 1 aliphatic heterocycles. The van der Waals surface area contributed by atoms with E-state index in [-0.39, 0.29) is 23.0 Å². The lowest BCUT2D eigenvalue weighted by Crippen LogP contribution is -2.51. The lowest BCUT2D eigenvalue weighted by atomic mass is 10.1. The summed E-state index contributed by atoms with van der Waals surface area (Å²) < 4.78 is 64.6. The molecule has 0 aromatic heterocycles. The summed E-state index contributed by atoms with van der Waals surface area (Å²) in [4.78, 5) is -0.396. The van der Waals surface area contributed by atoms with Crippen molar-refractivity contribution in [3.05, 3.63) is 28.2 Å². The third-order valence-electron chi connectivity index (χ3n) is 3.31. The van der Waals surface area contributed by atoms with E-state index in [9.17, 15) is 21.6 Å². The fourth-order valence-corrected chi connectivity index (χ4v) is 4.74. The molecule has 0 spiro atoms. The Morgan fingerprint density at radius 2 is 1.86 bits per heavy atom. The lowest BCUT2D eigenvalue weighted by molar-refractivity contribution is -0.177. The van der Waals surface area contributed by atoms with E-state index in [1.165, 1.54) is 12.1 Å². The van der Waals surface area contributed by atoms with Crippen molar-refractivity contribution in [1.29, 1.82) is 0 Å². The van der Waals surface area contributed by atoms with Crippen LogP contribution in [-0.4, -0.2) is 31.5 Å². The highest BCUT2D eigenvalue weighted by atomic mass is 35.5. The van der Waals surface area contributed by atoms with Crippen molar-refractivity contribution in [2.75, 3.05) is 6.54 Å². The zero-order valence-electron chi connectivity index (χ0n) is 10.7. The maximum atomic E-state index is 13.1. The summed E-state index contributed by atoms with van der Waals surface area (Å²) in [7, 11) is -4.35. The van der Waals surface area contributed by atoms with Gasteiger partial charge in [0.05, 0.1) is 5.02 Å². The van der Waals surface area contributed by atoms with Gasteiger partial charge in [0.25, 0.3) is 0 Å². The SMILES string of the molecule is O=S(=O)(c1cc(Cl)ccc1Cl)N1CCCCC1C(F)(F)F. The number of halogens is 5. The van der Waals surface area contributed by atoms with Crippen LogP contribution in [0.3, 0.4) is 0 Å². The zero-order chi connectivity index (χ0) is 15.8. The third-order valence-corrected chi connectivity index (χ3v) is 5.94. The molecular weight excluding hydrogens is 350 g/mol. The van der Waals surface area contributed by atoms with Gasteiger partial charge in [0.1, 0.15) is 10.9 Å². The first-order valence-electron chi connectivity index (χ1n) is 6.17. The summed E-state index contributed by atoms with van der Waals surface area (Å²) in [6.45, 7) is -0.185. The normalized spacial score (nSPS) is 21.5. The topological polar surface area (TPSA) is 37.4 Å². The molecule has 0 radical (unpaired) electrons. The van der Waals surface area contributed by atoms with Gasteiger partial charge in [-0.1, -0.05) is 29.6 Å². The van der Waals surface area contributed by atoms with E-state index in [1.807, 2.05) is 0 Å². The summed E-state index contributed by atoms with van der Waals surface area (Å²) in [6.07, 6.45) is -4.15. The fourth-order valence-electron chi connectivity index (χ4n) is 2.32. The number of hydrogen-bond acceptors (Lipinski definition) is 2. The lowest BCUT2D eigenvalue weighted by Gasteiger charge is -2.35. The monoisotopic (exact) mass is 361 g/mol. The van der Waals surface area contributed by atoms with Gasteiger partial charge >= 0.3 is 6.18 Å². The average Bonchev–Trinajstić information content (AvgIpc) is 2.40. The van der Waals surface area contributed by atoms with Crippen molar-refractivity contribution in [3.8, 4) is 0 Å². The summed E-state index contributed by atoms with van der Waals surface area (Å²) in [6, 6.07) is 1.68. The standard InChI is InChI=1S/C12H12Cl2F3NO2S/c13-8-4-5-9(14)10(7-8)21(19,20)18-6-2-1-3-11(18)12(15,16)17/h4-5,7,11H,1-3,6H2. The molecule has 118 valence electrons. The van der Waals surface area contributed by atoms with Crippen LogP contribution < -0.4 is 0 Å². The molecule has 0 amide bonds. The molecule has 1 aliphatic rings. The Labute approximate surface area is 130 Å². The molecular formula is C12H12Cl2F3NO2S. The smallest absolute Gasteiger partial charge is 0.207 e. The van der Waals surface area contributed by atoms with Gasteiger partial charge in [-0.2, -0.15) is 17.5 Å². The van der Waals surface area contributed by atoms with Crippen LogP contribution >= 0.6 is 23.2 Å². The summed E-state index contributed by atoms with van der Waals surface area (Å²) in [5, 5.41) is -0.0514. The van der Waals surface area contributed by atoms with Crippen LogP contribution in [-0.2, 0) is 10.0 Å². The second kappa shape index (κ2) is 5.95. The van der Waals surface area contributed by atoms with E-state index in [0.29, 0.717) is 17.1 Å². The van der Waals surface area contributed by atoms with Crippen LogP contribution in [0.1, 0.15) is 19.3 Å². The second-order valence-electron chi connectivity index (χ2n) is 4.74. The Morgan fingerprint density at radius 1 is 1.19 bits per heavy atom. The summed E-state index contributed by atoms with van der Waals surface area (Å²) >= 11 is 11.5. The molecule has 0 N–H and O–H groups in total. The van der Waals surface area contributed by atoms with E-state index in [2.05, 4.69) is 0 Å². The van der Waals surface area contributed by atoms with Crippen LogP contribution in [0.25, 0.3) is 0 Å². The minimum absolute atomic E-state index is 0.0959. The van der Waals surface area contributed by atoms with Gasteiger partial charge in [-0.05, 0) is 31.0 Å². The van der Waals surface area contributed by atoms with Gasteiger partial charge in [-0.15, -0.1) is 0 Å². The Balaban J connectivity index is 2.48. The first-order valence-corrected chi connectivity index (χ1v) is 8.37. The van der Waals surface area contributed by atoms with E-state index in [0.717, 1.165) is 6.07 Å². The van der Waals surface area contributed by atoms with E-state index in [1.54, 1.807) is 0 Å². The number of sulfonamides is 1. The first-order chi connectivity index (χ1) is 9.64. The molecule has 1 unspecified atom stereocenters. The molecule has 1 atom stereocenters. The van der Waals surface area contributed by atoms with Gasteiger partial charge in [0.15, 0.2) is 0 Å². The minimum Gasteiger partial charge on any atom is -0.207 e. The average molecular weight is 362 g/mol. The van der Waals surface area contributed by atoms with Gasteiger partial charge < -0.3 is 0 Å². The molecule has 0 aliphatic carbocycles. The number of alkyl halides is 3. The minimum atomic E-state index is -4.61. The highest BCUT2D eigenvalue weighted by Crippen LogP contribution is 2.37. The fraction of sp³-hybridized carbons (Fsp3) is 0.500. The highest BCUT2D eigenvalue weighted by molar-refractivity contribution is 7.89. The molecule has 9 heteroatoms. The van der Waals surface area contributed by atoms with Crippen molar-refractivity contribution < 1.29 is 21.6 Å². The second-order valence-corrected chi connectivity index (χ2v) is 7.45. The maximum absolute atomic E-state index is 13.1. The molecule has 1 saturated heterocycles. The Morgan fingerprint density at radius 3 is 2.48 bits per heavy atom. The first kappa shape index (κ1) is 16.9. The van der Waals surface area contributed by atoms with Crippen molar-refractivity contribution >= 4 is 33.2 Å². The van der Waals surface area contributed by atoms with Crippen LogP contribution in [0.2, 0.25) is 10.0 Å². The number of piperidine rings is 1. The summed E-state index contributed by atoms with van der Waals surface area (Å²) in [5.74, 6) is 0. The number of benzene rings is 1. The molecule has 0 bridgehead atoms. The van der Waals surface area contributed by atoms with E-state index in [4.69, 9.17) is 23.2 Å². The van der Waals surface area contributed by atoms with Gasteiger partial charge in [-0.25, -0.2) is 8.42 Å². The molecule has 0 saturated carbocycles. The Bertz CT molecular complexity index is 634. The molecule has 1 aromatic carbocycles.